The third-order valence-corrected chi connectivity index (χ3v) is 7.38. The maximum Gasteiger partial charge on any atom is 0.346 e. The van der Waals surface area contributed by atoms with Gasteiger partial charge in [-0.1, -0.05) is 64.9 Å². The zero-order valence-corrected chi connectivity index (χ0v) is 22.0. The number of benzene rings is 4. The Morgan fingerprint density at radius 3 is 2.58 bits per heavy atom. The Balaban J connectivity index is 1.23. The van der Waals surface area contributed by atoms with Crippen LogP contribution in [-0.4, -0.2) is 17.3 Å². The molecule has 188 valence electrons. The topological polar surface area (TPSA) is 86.5 Å². The van der Waals surface area contributed by atoms with Crippen molar-refractivity contribution in [3.63, 3.8) is 0 Å². The molecule has 0 amide bonds. The maximum absolute atomic E-state index is 12.6. The van der Waals surface area contributed by atoms with Crippen LogP contribution in [0.25, 0.3) is 32.3 Å². The highest BCUT2D eigenvalue weighted by Crippen LogP contribution is 2.39. The largest absolute Gasteiger partial charge is 0.497 e. The molecule has 10 heteroatoms. The first-order valence-electron chi connectivity index (χ1n) is 11.4. The lowest BCUT2D eigenvalue weighted by molar-refractivity contribution is 0.415. The van der Waals surface area contributed by atoms with Gasteiger partial charge in [0.2, 0.25) is 5.13 Å². The third kappa shape index (κ3) is 4.65. The van der Waals surface area contributed by atoms with Gasteiger partial charge in [-0.3, -0.25) is 0 Å². The van der Waals surface area contributed by atoms with Crippen LogP contribution in [0.2, 0.25) is 10.0 Å². The van der Waals surface area contributed by atoms with E-state index in [1.54, 1.807) is 49.6 Å². The van der Waals surface area contributed by atoms with E-state index in [0.717, 1.165) is 16.2 Å². The molecule has 2 heterocycles. The number of halogens is 2. The molecule has 0 fully saturated rings. The summed E-state index contributed by atoms with van der Waals surface area (Å²) in [5.41, 5.74) is 0.946. The molecule has 7 nitrogen and oxygen atoms in total. The minimum atomic E-state index is -0.498. The molecule has 4 aromatic carbocycles. The fourth-order valence-electron chi connectivity index (χ4n) is 3.96. The lowest BCUT2D eigenvalue weighted by atomic mass is 10.1. The predicted octanol–water partition coefficient (Wildman–Crippen LogP) is 8.32. The molecule has 0 aliphatic heterocycles. The molecule has 0 radical (unpaired) electrons. The van der Waals surface area contributed by atoms with Gasteiger partial charge in [0.25, 0.3) is 0 Å². The average molecular weight is 562 g/mol. The van der Waals surface area contributed by atoms with Crippen LogP contribution in [0.1, 0.15) is 0 Å². The van der Waals surface area contributed by atoms with Gasteiger partial charge in [-0.15, -0.1) is 10.2 Å². The lowest BCUT2D eigenvalue weighted by Gasteiger charge is -2.12. The Morgan fingerprint density at radius 2 is 1.74 bits per heavy atom. The number of hydrogen-bond donors (Lipinski definition) is 1. The quantitative estimate of drug-likeness (QED) is 0.204. The summed E-state index contributed by atoms with van der Waals surface area (Å²) < 4.78 is 16.7. The van der Waals surface area contributed by atoms with E-state index in [0.29, 0.717) is 54.3 Å². The van der Waals surface area contributed by atoms with Crippen LogP contribution in [0.3, 0.4) is 0 Å². The Kier molecular flexibility index (Phi) is 6.37. The number of fused-ring (bicyclic) bond motifs is 2. The second kappa shape index (κ2) is 9.98. The summed E-state index contributed by atoms with van der Waals surface area (Å²) in [5.74, 6) is 1.62. The van der Waals surface area contributed by atoms with Gasteiger partial charge in [-0.25, -0.2) is 4.79 Å². The van der Waals surface area contributed by atoms with Crippen molar-refractivity contribution < 1.29 is 13.9 Å². The van der Waals surface area contributed by atoms with Crippen molar-refractivity contribution in [2.24, 2.45) is 0 Å². The molecule has 6 rings (SSSR count). The van der Waals surface area contributed by atoms with Gasteiger partial charge >= 0.3 is 5.63 Å². The van der Waals surface area contributed by atoms with Crippen LogP contribution in [0.5, 0.6) is 17.2 Å². The van der Waals surface area contributed by atoms with E-state index in [2.05, 4.69) is 15.5 Å². The third-order valence-electron chi connectivity index (χ3n) is 5.83. The van der Waals surface area contributed by atoms with Crippen LogP contribution in [-0.2, 0) is 0 Å². The van der Waals surface area contributed by atoms with E-state index in [9.17, 15) is 4.79 Å². The van der Waals surface area contributed by atoms with Crippen LogP contribution in [0.15, 0.2) is 88.1 Å². The van der Waals surface area contributed by atoms with Crippen molar-refractivity contribution in [2.75, 3.05) is 12.4 Å². The van der Waals surface area contributed by atoms with Crippen LogP contribution < -0.4 is 20.4 Å². The van der Waals surface area contributed by atoms with E-state index >= 15 is 0 Å². The monoisotopic (exact) mass is 561 g/mol. The number of nitrogens with zero attached hydrogens (tertiary/aromatic N) is 2. The summed E-state index contributed by atoms with van der Waals surface area (Å²) in [6.07, 6.45) is 0. The van der Waals surface area contributed by atoms with Gasteiger partial charge in [-0.2, -0.15) is 0 Å². The number of aromatic nitrogens is 2. The molecule has 0 bridgehead atoms. The summed E-state index contributed by atoms with van der Waals surface area (Å²) in [5, 5.41) is 15.9. The second-order valence-corrected chi connectivity index (χ2v) is 10.00. The van der Waals surface area contributed by atoms with E-state index in [1.165, 1.54) is 11.3 Å². The first kappa shape index (κ1) is 24.2. The number of nitrogens with one attached hydrogen (secondary N) is 1. The standard InChI is InChI=1S/C28H17Cl2N3O4S/c1-35-18-8-11-22-16(12-18)13-20(27(34)37-22)26-32-33-28(38-26)31-17-7-10-23(21(29)14-17)36-24-9-6-15-4-2-3-5-19(15)25(24)30/h2-14H,1H3,(H,31,33). The molecule has 0 saturated carbocycles. The highest BCUT2D eigenvalue weighted by molar-refractivity contribution is 7.18. The normalized spacial score (nSPS) is 11.1. The van der Waals surface area contributed by atoms with Crippen LogP contribution in [0, 0.1) is 0 Å². The zero-order chi connectivity index (χ0) is 26.2. The number of rotatable bonds is 6. The molecular weight excluding hydrogens is 545 g/mol. The molecule has 0 aliphatic carbocycles. The highest BCUT2D eigenvalue weighted by atomic mass is 35.5. The average Bonchev–Trinajstić information content (AvgIpc) is 3.39. The molecule has 38 heavy (non-hydrogen) atoms. The van der Waals surface area contributed by atoms with Gasteiger partial charge in [0.05, 0.1) is 22.7 Å². The summed E-state index contributed by atoms with van der Waals surface area (Å²) in [4.78, 5) is 12.6. The van der Waals surface area contributed by atoms with Crippen LogP contribution in [0.4, 0.5) is 10.8 Å². The van der Waals surface area contributed by atoms with Crippen molar-refractivity contribution in [1.29, 1.82) is 0 Å². The summed E-state index contributed by atoms with van der Waals surface area (Å²) in [7, 11) is 1.58. The number of ether oxygens (including phenoxy) is 2. The van der Waals surface area contributed by atoms with Crippen molar-refractivity contribution >= 4 is 67.1 Å². The van der Waals surface area contributed by atoms with Crippen molar-refractivity contribution in [2.45, 2.75) is 0 Å². The van der Waals surface area contributed by atoms with E-state index in [4.69, 9.17) is 37.1 Å². The van der Waals surface area contributed by atoms with Gasteiger partial charge in [0.15, 0.2) is 5.01 Å². The predicted molar refractivity (Wildman–Crippen MR) is 152 cm³/mol. The number of hydrogen-bond acceptors (Lipinski definition) is 8. The fraction of sp³-hybridized carbons (Fsp3) is 0.0357. The molecule has 0 saturated heterocycles. The second-order valence-electron chi connectivity index (χ2n) is 8.23. The van der Waals surface area contributed by atoms with E-state index < -0.39 is 5.63 Å². The molecule has 0 aliphatic rings. The number of methoxy groups -OCH3 is 1. The summed E-state index contributed by atoms with van der Waals surface area (Å²) >= 11 is 14.3. The maximum atomic E-state index is 12.6. The highest BCUT2D eigenvalue weighted by Gasteiger charge is 2.15. The van der Waals surface area contributed by atoms with Gasteiger partial charge < -0.3 is 19.2 Å². The Labute approximate surface area is 230 Å². The van der Waals surface area contributed by atoms with Crippen molar-refractivity contribution in [3.05, 3.63) is 99.3 Å². The summed E-state index contributed by atoms with van der Waals surface area (Å²) in [6.45, 7) is 0. The zero-order valence-electron chi connectivity index (χ0n) is 19.7. The molecule has 0 spiro atoms. The Hall–Kier alpha value is -4.11. The molecule has 0 atom stereocenters. The first-order valence-corrected chi connectivity index (χ1v) is 12.9. The smallest absolute Gasteiger partial charge is 0.346 e. The molecule has 6 aromatic rings. The fourth-order valence-corrected chi connectivity index (χ4v) is 5.22. The Morgan fingerprint density at radius 1 is 0.895 bits per heavy atom. The summed E-state index contributed by atoms with van der Waals surface area (Å²) in [6, 6.07) is 23.7. The van der Waals surface area contributed by atoms with E-state index in [1.807, 2.05) is 36.4 Å². The minimum absolute atomic E-state index is 0.311. The van der Waals surface area contributed by atoms with Crippen molar-refractivity contribution in [3.8, 4) is 27.8 Å². The van der Waals surface area contributed by atoms with Gasteiger partial charge in [-0.05, 0) is 53.9 Å². The van der Waals surface area contributed by atoms with E-state index in [-0.39, 0.29) is 0 Å². The molecule has 2 aromatic heterocycles. The molecule has 1 N–H and O–H groups in total. The van der Waals surface area contributed by atoms with Crippen LogP contribution >= 0.6 is 34.5 Å². The molecular formula is C28H17Cl2N3O4S. The van der Waals surface area contributed by atoms with Gasteiger partial charge in [0, 0.05) is 16.5 Å². The number of anilines is 2. The SMILES string of the molecule is COc1ccc2oc(=O)c(-c3nnc(Nc4ccc(Oc5ccc6ccccc6c5Cl)c(Cl)c4)s3)cc2c1. The Bertz CT molecular complexity index is 1890. The lowest BCUT2D eigenvalue weighted by Crippen LogP contribution is -2.02. The molecule has 0 unspecified atom stereocenters. The van der Waals surface area contributed by atoms with Gasteiger partial charge in [0.1, 0.15) is 22.8 Å². The first-order chi connectivity index (χ1) is 18.5. The minimum Gasteiger partial charge on any atom is -0.497 e. The van der Waals surface area contributed by atoms with Crippen molar-refractivity contribution in [1.82, 2.24) is 10.2 Å².